The van der Waals surface area contributed by atoms with Crippen molar-refractivity contribution in [2.45, 2.75) is 13.0 Å². The molecule has 1 aliphatic rings. The SMILES string of the molecule is COc1ccccc1NC(=O)C1=C(C)Nc2nc(-c3ccc(F)cc3)nn2C1c1cccc(Cl)c1Cl. The molecule has 1 aliphatic heterocycles. The lowest BCUT2D eigenvalue weighted by Gasteiger charge is -2.29. The third-order valence-corrected chi connectivity index (χ3v) is 6.66. The minimum absolute atomic E-state index is 0.297. The summed E-state index contributed by atoms with van der Waals surface area (Å²) >= 11 is 13.0. The maximum atomic E-state index is 13.7. The molecule has 0 aliphatic carbocycles. The van der Waals surface area contributed by atoms with Gasteiger partial charge in [0.1, 0.15) is 17.6 Å². The first-order chi connectivity index (χ1) is 17.4. The van der Waals surface area contributed by atoms with Crippen molar-refractivity contribution in [3.63, 3.8) is 0 Å². The second-order valence-electron chi connectivity index (χ2n) is 8.07. The molecule has 0 radical (unpaired) electrons. The lowest BCUT2D eigenvalue weighted by Crippen LogP contribution is -2.31. The number of methoxy groups -OCH3 is 1. The van der Waals surface area contributed by atoms with Gasteiger partial charge in [-0.15, -0.1) is 5.10 Å². The van der Waals surface area contributed by atoms with Gasteiger partial charge in [0.2, 0.25) is 5.95 Å². The fourth-order valence-corrected chi connectivity index (χ4v) is 4.53. The van der Waals surface area contributed by atoms with Gasteiger partial charge in [-0.3, -0.25) is 4.79 Å². The number of allylic oxidation sites excluding steroid dienone is 1. The molecule has 0 fully saturated rings. The van der Waals surface area contributed by atoms with Gasteiger partial charge < -0.3 is 15.4 Å². The number of halogens is 3. The quantitative estimate of drug-likeness (QED) is 0.319. The third kappa shape index (κ3) is 4.29. The number of anilines is 2. The summed E-state index contributed by atoms with van der Waals surface area (Å²) in [4.78, 5) is 18.3. The molecule has 182 valence electrons. The van der Waals surface area contributed by atoms with E-state index in [-0.39, 0.29) is 11.7 Å². The maximum absolute atomic E-state index is 13.7. The molecule has 1 amide bonds. The van der Waals surface area contributed by atoms with E-state index in [0.717, 1.165) is 0 Å². The van der Waals surface area contributed by atoms with E-state index in [2.05, 4.69) is 20.7 Å². The van der Waals surface area contributed by atoms with Gasteiger partial charge in [-0.2, -0.15) is 4.98 Å². The molecule has 36 heavy (non-hydrogen) atoms. The van der Waals surface area contributed by atoms with Crippen molar-refractivity contribution in [1.82, 2.24) is 14.8 Å². The Bertz CT molecular complexity index is 1500. The summed E-state index contributed by atoms with van der Waals surface area (Å²) in [5, 5.41) is 11.4. The Morgan fingerprint density at radius 1 is 1.08 bits per heavy atom. The maximum Gasteiger partial charge on any atom is 0.255 e. The smallest absolute Gasteiger partial charge is 0.255 e. The summed E-state index contributed by atoms with van der Waals surface area (Å²) in [6.07, 6.45) is 0. The van der Waals surface area contributed by atoms with Crippen LogP contribution >= 0.6 is 23.2 Å². The fraction of sp³-hybridized carbons (Fsp3) is 0.115. The number of carbonyl (C=O) groups excluding carboxylic acids is 1. The van der Waals surface area contributed by atoms with Crippen LogP contribution in [0.15, 0.2) is 78.0 Å². The van der Waals surface area contributed by atoms with Crippen molar-refractivity contribution in [3.05, 3.63) is 99.4 Å². The zero-order chi connectivity index (χ0) is 25.4. The van der Waals surface area contributed by atoms with Gasteiger partial charge in [0.25, 0.3) is 5.91 Å². The van der Waals surface area contributed by atoms with Crippen molar-refractivity contribution < 1.29 is 13.9 Å². The van der Waals surface area contributed by atoms with Crippen LogP contribution < -0.4 is 15.4 Å². The Balaban J connectivity index is 1.63. The van der Waals surface area contributed by atoms with Crippen LogP contribution in [0.4, 0.5) is 16.0 Å². The number of fused-ring (bicyclic) bond motifs is 1. The topological polar surface area (TPSA) is 81.1 Å². The predicted molar refractivity (Wildman–Crippen MR) is 138 cm³/mol. The van der Waals surface area contributed by atoms with Crippen molar-refractivity contribution >= 4 is 40.7 Å². The van der Waals surface area contributed by atoms with Gasteiger partial charge in [-0.25, -0.2) is 9.07 Å². The monoisotopic (exact) mass is 523 g/mol. The van der Waals surface area contributed by atoms with Crippen LogP contribution in [0.1, 0.15) is 18.5 Å². The minimum Gasteiger partial charge on any atom is -0.495 e. The molecule has 0 bridgehead atoms. The van der Waals surface area contributed by atoms with Crippen LogP contribution in [-0.4, -0.2) is 27.8 Å². The molecule has 5 rings (SSSR count). The first kappa shape index (κ1) is 23.8. The lowest BCUT2D eigenvalue weighted by molar-refractivity contribution is -0.113. The van der Waals surface area contributed by atoms with Crippen LogP contribution in [0.25, 0.3) is 11.4 Å². The third-order valence-electron chi connectivity index (χ3n) is 5.83. The highest BCUT2D eigenvalue weighted by Gasteiger charge is 2.36. The molecule has 1 unspecified atom stereocenters. The summed E-state index contributed by atoms with van der Waals surface area (Å²) in [5.41, 5.74) is 2.64. The molecule has 1 aromatic heterocycles. The number of amides is 1. The molecule has 4 aromatic rings. The van der Waals surface area contributed by atoms with Gasteiger partial charge in [-0.05, 0) is 49.4 Å². The Kier molecular flexibility index (Phi) is 6.38. The van der Waals surface area contributed by atoms with E-state index in [4.69, 9.17) is 27.9 Å². The van der Waals surface area contributed by atoms with Crippen LogP contribution in [0.2, 0.25) is 10.0 Å². The molecule has 3 aromatic carbocycles. The van der Waals surface area contributed by atoms with Crippen molar-refractivity contribution in [1.29, 1.82) is 0 Å². The summed E-state index contributed by atoms with van der Waals surface area (Å²) in [7, 11) is 1.53. The minimum atomic E-state index is -0.746. The number of rotatable bonds is 5. The molecule has 2 heterocycles. The first-order valence-electron chi connectivity index (χ1n) is 11.0. The Morgan fingerprint density at radius 3 is 2.58 bits per heavy atom. The number of para-hydroxylation sites is 2. The van der Waals surface area contributed by atoms with E-state index in [1.165, 1.54) is 19.2 Å². The van der Waals surface area contributed by atoms with E-state index >= 15 is 0 Å². The Labute approximate surface area is 216 Å². The Hall–Kier alpha value is -3.88. The number of aromatic nitrogens is 3. The highest BCUT2D eigenvalue weighted by molar-refractivity contribution is 6.42. The average Bonchev–Trinajstić information content (AvgIpc) is 3.29. The molecule has 2 N–H and O–H groups in total. The van der Waals surface area contributed by atoms with E-state index in [1.807, 2.05) is 6.07 Å². The summed E-state index contributed by atoms with van der Waals surface area (Å²) in [6, 6.07) is 17.4. The molecule has 7 nitrogen and oxygen atoms in total. The molecule has 10 heteroatoms. The van der Waals surface area contributed by atoms with Gasteiger partial charge in [0.15, 0.2) is 5.82 Å². The van der Waals surface area contributed by atoms with E-state index in [9.17, 15) is 9.18 Å². The highest BCUT2D eigenvalue weighted by atomic mass is 35.5. The number of nitrogens with zero attached hydrogens (tertiary/aromatic N) is 3. The van der Waals surface area contributed by atoms with Gasteiger partial charge in [0, 0.05) is 16.8 Å². The fourth-order valence-electron chi connectivity index (χ4n) is 4.12. The molecule has 0 spiro atoms. The van der Waals surface area contributed by atoms with Gasteiger partial charge in [0.05, 0.1) is 28.4 Å². The molecule has 1 atom stereocenters. The van der Waals surface area contributed by atoms with Crippen molar-refractivity contribution in [3.8, 4) is 17.1 Å². The lowest BCUT2D eigenvalue weighted by atomic mass is 9.95. The second kappa shape index (κ2) is 9.64. The number of hydrogen-bond acceptors (Lipinski definition) is 5. The summed E-state index contributed by atoms with van der Waals surface area (Å²) in [6.45, 7) is 1.78. The largest absolute Gasteiger partial charge is 0.495 e. The zero-order valence-corrected chi connectivity index (χ0v) is 20.7. The summed E-state index contributed by atoms with van der Waals surface area (Å²) < 4.78 is 20.4. The average molecular weight is 524 g/mol. The van der Waals surface area contributed by atoms with Crippen molar-refractivity contribution in [2.24, 2.45) is 0 Å². The molecular formula is C26H20Cl2FN5O2. The normalized spacial score (nSPS) is 14.8. The number of carbonyl (C=O) groups is 1. The predicted octanol–water partition coefficient (Wildman–Crippen LogP) is 6.33. The zero-order valence-electron chi connectivity index (χ0n) is 19.2. The first-order valence-corrected chi connectivity index (χ1v) is 11.7. The molecule has 0 saturated heterocycles. The Morgan fingerprint density at radius 2 is 1.83 bits per heavy atom. The van der Waals surface area contributed by atoms with Gasteiger partial charge in [-0.1, -0.05) is 47.5 Å². The van der Waals surface area contributed by atoms with Crippen LogP contribution in [0, 0.1) is 5.82 Å². The standard InChI is InChI=1S/C26H20Cl2FN5O2/c1-14-21(25(35)31-19-8-3-4-9-20(19)36-2)23(17-6-5-7-18(27)22(17)28)34-26(30-14)32-24(33-34)15-10-12-16(29)13-11-15/h3-13,23H,1-2H3,(H,31,35)(H,30,32,33). The number of nitrogens with one attached hydrogen (secondary N) is 2. The number of benzene rings is 3. The molecule has 0 saturated carbocycles. The van der Waals surface area contributed by atoms with E-state index < -0.39 is 6.04 Å². The van der Waals surface area contributed by atoms with Crippen LogP contribution in [0.3, 0.4) is 0 Å². The second-order valence-corrected chi connectivity index (χ2v) is 8.86. The van der Waals surface area contributed by atoms with E-state index in [0.29, 0.717) is 55.7 Å². The number of ether oxygens (including phenoxy) is 1. The summed E-state index contributed by atoms with van der Waals surface area (Å²) in [5.74, 6) is 0.541. The molecular weight excluding hydrogens is 504 g/mol. The van der Waals surface area contributed by atoms with E-state index in [1.54, 1.807) is 60.1 Å². The van der Waals surface area contributed by atoms with Gasteiger partial charge >= 0.3 is 0 Å². The van der Waals surface area contributed by atoms with Crippen molar-refractivity contribution in [2.75, 3.05) is 17.7 Å². The van der Waals surface area contributed by atoms with Crippen LogP contribution in [0.5, 0.6) is 5.75 Å². The number of hydrogen-bond donors (Lipinski definition) is 2. The van der Waals surface area contributed by atoms with Crippen LogP contribution in [-0.2, 0) is 4.79 Å². The highest BCUT2D eigenvalue weighted by Crippen LogP contribution is 2.41.